The summed E-state index contributed by atoms with van der Waals surface area (Å²) >= 11 is 0. The number of primary amides is 1. The van der Waals surface area contributed by atoms with Crippen molar-refractivity contribution in [1.29, 1.82) is 0 Å². The first kappa shape index (κ1) is 13.7. The van der Waals surface area contributed by atoms with Crippen molar-refractivity contribution in [3.8, 4) is 0 Å². The Morgan fingerprint density at radius 1 is 1.59 bits per heavy atom. The highest BCUT2D eigenvalue weighted by atomic mass is 16.1. The van der Waals surface area contributed by atoms with Gasteiger partial charge in [-0.2, -0.15) is 5.10 Å². The molecule has 1 heterocycles. The standard InChI is InChI=1S/C12H22N4O/c1-5-6-14-12(4,11(13)17)8-16-10(3)7-9(2)15-16/h7,14H,5-6,8H2,1-4H3,(H2,13,17). The van der Waals surface area contributed by atoms with Gasteiger partial charge in [0.1, 0.15) is 5.54 Å². The van der Waals surface area contributed by atoms with Crippen LogP contribution in [0.15, 0.2) is 6.07 Å². The topological polar surface area (TPSA) is 72.9 Å². The van der Waals surface area contributed by atoms with Gasteiger partial charge >= 0.3 is 0 Å². The number of hydrogen-bond donors (Lipinski definition) is 2. The zero-order valence-corrected chi connectivity index (χ0v) is 11.1. The molecule has 1 atom stereocenters. The van der Waals surface area contributed by atoms with Gasteiger partial charge in [-0.05, 0) is 39.8 Å². The van der Waals surface area contributed by atoms with E-state index in [1.807, 2.05) is 31.5 Å². The number of carbonyl (C=O) groups is 1. The molecule has 0 fully saturated rings. The Bertz CT molecular complexity index is 399. The molecule has 0 aliphatic carbocycles. The summed E-state index contributed by atoms with van der Waals surface area (Å²) in [6, 6.07) is 1.99. The number of aromatic nitrogens is 2. The van der Waals surface area contributed by atoms with E-state index in [9.17, 15) is 4.79 Å². The minimum absolute atomic E-state index is 0.349. The Hall–Kier alpha value is -1.36. The maximum atomic E-state index is 11.6. The van der Waals surface area contributed by atoms with E-state index in [-0.39, 0.29) is 5.91 Å². The summed E-state index contributed by atoms with van der Waals surface area (Å²) < 4.78 is 1.82. The lowest BCUT2D eigenvalue weighted by atomic mass is 10.0. The maximum absolute atomic E-state index is 11.6. The van der Waals surface area contributed by atoms with Gasteiger partial charge in [-0.1, -0.05) is 6.92 Å². The van der Waals surface area contributed by atoms with Crippen LogP contribution in [0.4, 0.5) is 0 Å². The van der Waals surface area contributed by atoms with Gasteiger partial charge in [-0.3, -0.25) is 9.48 Å². The van der Waals surface area contributed by atoms with Gasteiger partial charge in [-0.15, -0.1) is 0 Å². The summed E-state index contributed by atoms with van der Waals surface area (Å²) in [6.07, 6.45) is 0.958. The van der Waals surface area contributed by atoms with Gasteiger partial charge in [0.2, 0.25) is 5.91 Å². The van der Waals surface area contributed by atoms with E-state index in [0.29, 0.717) is 6.54 Å². The second-order valence-corrected chi connectivity index (χ2v) is 4.71. The van der Waals surface area contributed by atoms with Gasteiger partial charge in [0.15, 0.2) is 0 Å². The van der Waals surface area contributed by atoms with Crippen molar-refractivity contribution in [3.05, 3.63) is 17.5 Å². The van der Waals surface area contributed by atoms with Crippen LogP contribution in [0.5, 0.6) is 0 Å². The lowest BCUT2D eigenvalue weighted by Crippen LogP contribution is -2.56. The fraction of sp³-hybridized carbons (Fsp3) is 0.667. The number of nitrogens with zero attached hydrogens (tertiary/aromatic N) is 2. The molecule has 0 saturated carbocycles. The van der Waals surface area contributed by atoms with Crippen molar-refractivity contribution in [2.75, 3.05) is 6.54 Å². The zero-order chi connectivity index (χ0) is 13.1. The van der Waals surface area contributed by atoms with E-state index in [2.05, 4.69) is 17.3 Å². The van der Waals surface area contributed by atoms with Crippen LogP contribution >= 0.6 is 0 Å². The molecule has 96 valence electrons. The van der Waals surface area contributed by atoms with Crippen molar-refractivity contribution >= 4 is 5.91 Å². The maximum Gasteiger partial charge on any atom is 0.239 e. The van der Waals surface area contributed by atoms with Gasteiger partial charge in [0.25, 0.3) is 0 Å². The number of aryl methyl sites for hydroxylation is 2. The third-order valence-electron chi connectivity index (χ3n) is 2.88. The number of rotatable bonds is 6. The fourth-order valence-corrected chi connectivity index (χ4v) is 1.76. The smallest absolute Gasteiger partial charge is 0.239 e. The van der Waals surface area contributed by atoms with E-state index in [1.165, 1.54) is 0 Å². The van der Waals surface area contributed by atoms with E-state index in [4.69, 9.17) is 5.73 Å². The Balaban J connectivity index is 2.86. The molecular formula is C12H22N4O. The summed E-state index contributed by atoms with van der Waals surface area (Å²) in [5.74, 6) is -0.349. The fourth-order valence-electron chi connectivity index (χ4n) is 1.76. The summed E-state index contributed by atoms with van der Waals surface area (Å²) in [7, 11) is 0. The highest BCUT2D eigenvalue weighted by molar-refractivity contribution is 5.84. The first-order valence-electron chi connectivity index (χ1n) is 5.95. The molecular weight excluding hydrogens is 216 g/mol. The lowest BCUT2D eigenvalue weighted by Gasteiger charge is -2.27. The normalized spacial score (nSPS) is 14.6. The molecule has 0 spiro atoms. The average molecular weight is 238 g/mol. The highest BCUT2D eigenvalue weighted by Crippen LogP contribution is 2.10. The molecule has 1 unspecified atom stereocenters. The molecule has 0 aromatic carbocycles. The second kappa shape index (κ2) is 5.31. The summed E-state index contributed by atoms with van der Waals surface area (Å²) in [5.41, 5.74) is 6.71. The van der Waals surface area contributed by atoms with Crippen LogP contribution in [0.1, 0.15) is 31.7 Å². The molecule has 0 saturated heterocycles. The number of amides is 1. The van der Waals surface area contributed by atoms with E-state index in [1.54, 1.807) is 0 Å². The van der Waals surface area contributed by atoms with Crippen LogP contribution in [0.2, 0.25) is 0 Å². The summed E-state index contributed by atoms with van der Waals surface area (Å²) in [6.45, 7) is 9.01. The first-order chi connectivity index (χ1) is 7.89. The molecule has 1 rings (SSSR count). The van der Waals surface area contributed by atoms with E-state index >= 15 is 0 Å². The number of carbonyl (C=O) groups excluding carboxylic acids is 1. The number of nitrogens with one attached hydrogen (secondary N) is 1. The van der Waals surface area contributed by atoms with Crippen molar-refractivity contribution < 1.29 is 4.79 Å². The third kappa shape index (κ3) is 3.30. The van der Waals surface area contributed by atoms with E-state index < -0.39 is 5.54 Å². The van der Waals surface area contributed by atoms with Gasteiger partial charge in [-0.25, -0.2) is 0 Å². The van der Waals surface area contributed by atoms with Crippen LogP contribution in [0.25, 0.3) is 0 Å². The molecule has 0 aliphatic heterocycles. The van der Waals surface area contributed by atoms with Crippen LogP contribution in [0.3, 0.4) is 0 Å². The van der Waals surface area contributed by atoms with Gasteiger partial charge < -0.3 is 11.1 Å². The Kier molecular flexibility index (Phi) is 4.28. The predicted octanol–water partition coefficient (Wildman–Crippen LogP) is 0.744. The van der Waals surface area contributed by atoms with Crippen molar-refractivity contribution in [3.63, 3.8) is 0 Å². The SMILES string of the molecule is CCCNC(C)(Cn1nc(C)cc1C)C(N)=O. The minimum atomic E-state index is -0.751. The molecule has 17 heavy (non-hydrogen) atoms. The molecule has 1 aromatic rings. The van der Waals surface area contributed by atoms with Crippen molar-refractivity contribution in [2.45, 2.75) is 46.2 Å². The number of nitrogens with two attached hydrogens (primary N) is 1. The van der Waals surface area contributed by atoms with Gasteiger partial charge in [0, 0.05) is 5.69 Å². The largest absolute Gasteiger partial charge is 0.368 e. The monoisotopic (exact) mass is 238 g/mol. The molecule has 0 radical (unpaired) electrons. The average Bonchev–Trinajstić information content (AvgIpc) is 2.54. The Morgan fingerprint density at radius 2 is 2.24 bits per heavy atom. The molecule has 5 nitrogen and oxygen atoms in total. The molecule has 1 aromatic heterocycles. The van der Waals surface area contributed by atoms with Crippen molar-refractivity contribution in [2.24, 2.45) is 5.73 Å². The lowest BCUT2D eigenvalue weighted by molar-refractivity contribution is -0.124. The third-order valence-corrected chi connectivity index (χ3v) is 2.88. The highest BCUT2D eigenvalue weighted by Gasteiger charge is 2.31. The quantitative estimate of drug-likeness (QED) is 0.768. The van der Waals surface area contributed by atoms with E-state index in [0.717, 1.165) is 24.4 Å². The van der Waals surface area contributed by atoms with Crippen LogP contribution < -0.4 is 11.1 Å². The molecule has 0 bridgehead atoms. The van der Waals surface area contributed by atoms with Gasteiger partial charge in [0.05, 0.1) is 12.2 Å². The van der Waals surface area contributed by atoms with Crippen LogP contribution in [0, 0.1) is 13.8 Å². The van der Waals surface area contributed by atoms with Crippen molar-refractivity contribution in [1.82, 2.24) is 15.1 Å². The first-order valence-corrected chi connectivity index (χ1v) is 5.95. The second-order valence-electron chi connectivity index (χ2n) is 4.71. The minimum Gasteiger partial charge on any atom is -0.368 e. The zero-order valence-electron chi connectivity index (χ0n) is 11.1. The molecule has 5 heteroatoms. The molecule has 1 amide bonds. The van der Waals surface area contributed by atoms with Crippen LogP contribution in [-0.2, 0) is 11.3 Å². The number of hydrogen-bond acceptors (Lipinski definition) is 3. The Labute approximate surface area is 102 Å². The molecule has 0 aliphatic rings. The summed E-state index contributed by atoms with van der Waals surface area (Å²) in [5, 5.41) is 7.55. The summed E-state index contributed by atoms with van der Waals surface area (Å²) in [4.78, 5) is 11.6. The predicted molar refractivity (Wildman–Crippen MR) is 67.6 cm³/mol. The van der Waals surface area contributed by atoms with Crippen LogP contribution in [-0.4, -0.2) is 27.8 Å². The molecule has 3 N–H and O–H groups in total. The Morgan fingerprint density at radius 3 is 2.65 bits per heavy atom.